The van der Waals surface area contributed by atoms with E-state index in [1.54, 1.807) is 0 Å². The van der Waals surface area contributed by atoms with E-state index in [1.165, 1.54) is 0 Å². The molecule has 0 saturated carbocycles. The third-order valence-electron chi connectivity index (χ3n) is 2.74. The van der Waals surface area contributed by atoms with E-state index < -0.39 is 9.84 Å². The summed E-state index contributed by atoms with van der Waals surface area (Å²) >= 11 is 0. The van der Waals surface area contributed by atoms with Crippen molar-refractivity contribution in [2.45, 2.75) is 25.2 Å². The van der Waals surface area contributed by atoms with Crippen LogP contribution in [0, 0.1) is 0 Å². The standard InChI is InChI=1S/C9H15N3O3S/c10-4-1-8-11-12-9(15-8)7-2-5-16(13,14)6-3-7/h7H,1-6,10H2. The highest BCUT2D eigenvalue weighted by atomic mass is 32.2. The van der Waals surface area contributed by atoms with E-state index in [9.17, 15) is 8.42 Å². The molecule has 1 aromatic rings. The molecule has 0 spiro atoms. The molecule has 16 heavy (non-hydrogen) atoms. The first kappa shape index (κ1) is 11.5. The van der Waals surface area contributed by atoms with Crippen LogP contribution in [-0.4, -0.2) is 36.7 Å². The summed E-state index contributed by atoms with van der Waals surface area (Å²) in [5.41, 5.74) is 5.38. The molecule has 0 amide bonds. The van der Waals surface area contributed by atoms with E-state index in [1.807, 2.05) is 0 Å². The van der Waals surface area contributed by atoms with Gasteiger partial charge in [0.15, 0.2) is 0 Å². The summed E-state index contributed by atoms with van der Waals surface area (Å²) in [5, 5.41) is 7.81. The molecule has 6 nitrogen and oxygen atoms in total. The van der Waals surface area contributed by atoms with Gasteiger partial charge in [0.05, 0.1) is 11.5 Å². The summed E-state index contributed by atoms with van der Waals surface area (Å²) in [6.07, 6.45) is 1.72. The van der Waals surface area contributed by atoms with Crippen molar-refractivity contribution in [3.8, 4) is 0 Å². The molecule has 2 rings (SSSR count). The molecule has 0 bridgehead atoms. The largest absolute Gasteiger partial charge is 0.425 e. The van der Waals surface area contributed by atoms with Gasteiger partial charge in [0.1, 0.15) is 9.84 Å². The monoisotopic (exact) mass is 245 g/mol. The topological polar surface area (TPSA) is 99.1 Å². The molecular weight excluding hydrogens is 230 g/mol. The predicted molar refractivity (Wildman–Crippen MR) is 57.7 cm³/mol. The quantitative estimate of drug-likeness (QED) is 0.796. The van der Waals surface area contributed by atoms with Crippen LogP contribution in [0.25, 0.3) is 0 Å². The molecule has 1 aromatic heterocycles. The van der Waals surface area contributed by atoms with Crippen LogP contribution >= 0.6 is 0 Å². The first-order valence-corrected chi connectivity index (χ1v) is 7.15. The third-order valence-corrected chi connectivity index (χ3v) is 4.46. The molecule has 90 valence electrons. The minimum atomic E-state index is -2.84. The van der Waals surface area contributed by atoms with Crippen molar-refractivity contribution in [1.82, 2.24) is 10.2 Å². The predicted octanol–water partition coefficient (Wildman–Crippen LogP) is -0.137. The van der Waals surface area contributed by atoms with Crippen LogP contribution in [0.1, 0.15) is 30.5 Å². The first-order chi connectivity index (χ1) is 7.61. The van der Waals surface area contributed by atoms with Crippen LogP contribution in [0.15, 0.2) is 4.42 Å². The maximum absolute atomic E-state index is 11.3. The van der Waals surface area contributed by atoms with E-state index in [-0.39, 0.29) is 17.4 Å². The van der Waals surface area contributed by atoms with Crippen molar-refractivity contribution in [3.05, 3.63) is 11.8 Å². The van der Waals surface area contributed by atoms with Crippen LogP contribution in [-0.2, 0) is 16.3 Å². The lowest BCUT2D eigenvalue weighted by Crippen LogP contribution is -2.22. The van der Waals surface area contributed by atoms with Crippen LogP contribution in [0.2, 0.25) is 0 Å². The average Bonchev–Trinajstić information content (AvgIpc) is 2.67. The second-order valence-corrected chi connectivity index (χ2v) is 6.30. The number of rotatable bonds is 3. The summed E-state index contributed by atoms with van der Waals surface area (Å²) in [6.45, 7) is 0.473. The molecule has 1 aliphatic rings. The average molecular weight is 245 g/mol. The number of aromatic nitrogens is 2. The molecule has 1 fully saturated rings. The van der Waals surface area contributed by atoms with Gasteiger partial charge in [0.2, 0.25) is 11.8 Å². The second kappa shape index (κ2) is 4.50. The van der Waals surface area contributed by atoms with Crippen molar-refractivity contribution < 1.29 is 12.8 Å². The van der Waals surface area contributed by atoms with Crippen molar-refractivity contribution in [3.63, 3.8) is 0 Å². The highest BCUT2D eigenvalue weighted by Gasteiger charge is 2.28. The van der Waals surface area contributed by atoms with E-state index in [0.717, 1.165) is 0 Å². The van der Waals surface area contributed by atoms with Gasteiger partial charge >= 0.3 is 0 Å². The number of hydrogen-bond donors (Lipinski definition) is 1. The van der Waals surface area contributed by atoms with Gasteiger partial charge in [-0.25, -0.2) is 8.42 Å². The highest BCUT2D eigenvalue weighted by molar-refractivity contribution is 7.91. The van der Waals surface area contributed by atoms with Crippen LogP contribution in [0.3, 0.4) is 0 Å². The van der Waals surface area contributed by atoms with E-state index in [0.29, 0.717) is 37.6 Å². The Morgan fingerprint density at radius 3 is 2.62 bits per heavy atom. The van der Waals surface area contributed by atoms with Crippen LogP contribution in [0.5, 0.6) is 0 Å². The molecule has 0 aromatic carbocycles. The van der Waals surface area contributed by atoms with Gasteiger partial charge in [-0.2, -0.15) is 0 Å². The Kier molecular flexibility index (Phi) is 3.25. The smallest absolute Gasteiger partial charge is 0.219 e. The highest BCUT2D eigenvalue weighted by Crippen LogP contribution is 2.27. The van der Waals surface area contributed by atoms with Gasteiger partial charge in [-0.15, -0.1) is 10.2 Å². The van der Waals surface area contributed by atoms with Crippen molar-refractivity contribution in [1.29, 1.82) is 0 Å². The summed E-state index contributed by atoms with van der Waals surface area (Å²) in [7, 11) is -2.84. The van der Waals surface area contributed by atoms with E-state index >= 15 is 0 Å². The Balaban J connectivity index is 2.02. The van der Waals surface area contributed by atoms with Gasteiger partial charge < -0.3 is 10.2 Å². The Bertz CT molecular complexity index is 440. The van der Waals surface area contributed by atoms with E-state index in [4.69, 9.17) is 10.2 Å². The molecule has 1 aliphatic heterocycles. The molecule has 1 saturated heterocycles. The minimum Gasteiger partial charge on any atom is -0.425 e. The molecule has 7 heteroatoms. The lowest BCUT2D eigenvalue weighted by atomic mass is 10.0. The fraction of sp³-hybridized carbons (Fsp3) is 0.778. The molecular formula is C9H15N3O3S. The zero-order valence-electron chi connectivity index (χ0n) is 8.92. The molecule has 2 N–H and O–H groups in total. The lowest BCUT2D eigenvalue weighted by molar-refractivity contribution is 0.399. The Hall–Kier alpha value is -0.950. The normalized spacial score (nSPS) is 21.1. The number of nitrogens with two attached hydrogens (primary N) is 1. The number of nitrogens with zero attached hydrogens (tertiary/aromatic N) is 2. The SMILES string of the molecule is NCCc1nnc(C2CCS(=O)(=O)CC2)o1. The molecule has 2 heterocycles. The van der Waals surface area contributed by atoms with Gasteiger partial charge in [-0.1, -0.05) is 0 Å². The Labute approximate surface area is 94.1 Å². The Morgan fingerprint density at radius 1 is 1.31 bits per heavy atom. The van der Waals surface area contributed by atoms with Crippen molar-refractivity contribution >= 4 is 9.84 Å². The summed E-state index contributed by atoms with van der Waals surface area (Å²) < 4.78 is 27.9. The third kappa shape index (κ3) is 2.59. The first-order valence-electron chi connectivity index (χ1n) is 5.33. The maximum atomic E-state index is 11.3. The molecule has 0 radical (unpaired) electrons. The summed E-state index contributed by atoms with van der Waals surface area (Å²) in [5.74, 6) is 1.60. The molecule has 0 atom stereocenters. The molecule has 0 unspecified atom stereocenters. The summed E-state index contributed by atoms with van der Waals surface area (Å²) in [6, 6.07) is 0. The van der Waals surface area contributed by atoms with Crippen molar-refractivity contribution in [2.75, 3.05) is 18.1 Å². The van der Waals surface area contributed by atoms with Crippen molar-refractivity contribution in [2.24, 2.45) is 5.73 Å². The lowest BCUT2D eigenvalue weighted by Gasteiger charge is -2.18. The maximum Gasteiger partial charge on any atom is 0.219 e. The zero-order valence-corrected chi connectivity index (χ0v) is 9.74. The fourth-order valence-electron chi connectivity index (χ4n) is 1.79. The van der Waals surface area contributed by atoms with E-state index in [2.05, 4.69) is 10.2 Å². The minimum absolute atomic E-state index is 0.0857. The van der Waals surface area contributed by atoms with Crippen LogP contribution in [0.4, 0.5) is 0 Å². The second-order valence-electron chi connectivity index (χ2n) is 4.00. The number of sulfone groups is 1. The van der Waals surface area contributed by atoms with Gasteiger partial charge in [-0.05, 0) is 12.8 Å². The fourth-order valence-corrected chi connectivity index (χ4v) is 3.28. The summed E-state index contributed by atoms with van der Waals surface area (Å²) in [4.78, 5) is 0. The van der Waals surface area contributed by atoms with Crippen LogP contribution < -0.4 is 5.73 Å². The van der Waals surface area contributed by atoms with Gasteiger partial charge in [0.25, 0.3) is 0 Å². The molecule has 0 aliphatic carbocycles. The van der Waals surface area contributed by atoms with Gasteiger partial charge in [0, 0.05) is 18.9 Å². The Morgan fingerprint density at radius 2 is 2.00 bits per heavy atom. The number of hydrogen-bond acceptors (Lipinski definition) is 6. The van der Waals surface area contributed by atoms with Gasteiger partial charge in [-0.3, -0.25) is 0 Å². The zero-order chi connectivity index (χ0) is 11.6.